The van der Waals surface area contributed by atoms with Gasteiger partial charge in [-0.1, -0.05) is 18.2 Å². The summed E-state index contributed by atoms with van der Waals surface area (Å²) >= 11 is 1.41. The maximum absolute atomic E-state index is 11.2. The molecule has 0 aliphatic heterocycles. The number of benzene rings is 1. The third-order valence-corrected chi connectivity index (χ3v) is 5.27. The van der Waals surface area contributed by atoms with Crippen molar-refractivity contribution < 1.29 is 9.90 Å². The Bertz CT molecular complexity index is 857. The quantitative estimate of drug-likeness (QED) is 0.740. The van der Waals surface area contributed by atoms with Crippen LogP contribution in [0.25, 0.3) is 22.2 Å². The summed E-state index contributed by atoms with van der Waals surface area (Å²) in [6.45, 7) is 0. The minimum absolute atomic E-state index is 0.438. The summed E-state index contributed by atoms with van der Waals surface area (Å²) < 4.78 is 2.20. The average Bonchev–Trinajstić information content (AvgIpc) is 3.00. The Hall–Kier alpha value is -2.07. The molecule has 0 radical (unpaired) electrons. The number of para-hydroxylation sites is 1. The molecule has 0 atom stereocenters. The minimum Gasteiger partial charge on any atom is -0.477 e. The third kappa shape index (κ3) is 1.42. The molecule has 1 aromatic carbocycles. The number of nitrogens with zero attached hydrogens (tertiary/aromatic N) is 1. The van der Waals surface area contributed by atoms with Crippen molar-refractivity contribution in [1.29, 1.82) is 0 Å². The first-order valence-corrected chi connectivity index (χ1v) is 7.41. The van der Waals surface area contributed by atoms with E-state index in [0.717, 1.165) is 18.4 Å². The lowest BCUT2D eigenvalue weighted by Gasteiger charge is -2.14. The molecule has 1 aliphatic rings. The van der Waals surface area contributed by atoms with Crippen LogP contribution in [0.2, 0.25) is 0 Å². The third-order valence-electron chi connectivity index (χ3n) is 4.09. The smallest absolute Gasteiger partial charge is 0.345 e. The number of carboxylic acid groups (broad SMARTS) is 1. The topological polar surface area (TPSA) is 42.2 Å². The van der Waals surface area contributed by atoms with Gasteiger partial charge < -0.3 is 9.67 Å². The number of fused-ring (bicyclic) bond motifs is 5. The first-order chi connectivity index (χ1) is 9.66. The molecule has 0 spiro atoms. The molecule has 0 unspecified atom stereocenters. The number of rotatable bonds is 1. The van der Waals surface area contributed by atoms with E-state index in [1.165, 1.54) is 38.4 Å². The second-order valence-electron chi connectivity index (χ2n) is 5.16. The first-order valence-electron chi connectivity index (χ1n) is 6.59. The fourth-order valence-electron chi connectivity index (χ4n) is 3.23. The van der Waals surface area contributed by atoms with Crippen LogP contribution in [-0.4, -0.2) is 15.6 Å². The molecule has 2 aromatic heterocycles. The van der Waals surface area contributed by atoms with Gasteiger partial charge in [0.05, 0.1) is 5.69 Å². The van der Waals surface area contributed by atoms with Crippen molar-refractivity contribution in [2.45, 2.75) is 12.8 Å². The fraction of sp³-hybridized carbons (Fsp3) is 0.188. The van der Waals surface area contributed by atoms with Gasteiger partial charge in [0.25, 0.3) is 0 Å². The van der Waals surface area contributed by atoms with E-state index >= 15 is 0 Å². The number of hydrogen-bond donors (Lipinski definition) is 1. The minimum atomic E-state index is -0.829. The van der Waals surface area contributed by atoms with Crippen LogP contribution < -0.4 is 0 Å². The molecule has 2 heterocycles. The summed E-state index contributed by atoms with van der Waals surface area (Å²) in [6, 6.07) is 10.2. The summed E-state index contributed by atoms with van der Waals surface area (Å²) in [5, 5.41) is 10.5. The molecule has 0 saturated heterocycles. The summed E-state index contributed by atoms with van der Waals surface area (Å²) in [4.78, 5) is 12.8. The highest BCUT2D eigenvalue weighted by atomic mass is 32.1. The van der Waals surface area contributed by atoms with Crippen molar-refractivity contribution in [1.82, 2.24) is 4.57 Å². The van der Waals surface area contributed by atoms with E-state index < -0.39 is 5.97 Å². The van der Waals surface area contributed by atoms with Crippen LogP contribution in [0.3, 0.4) is 0 Å². The highest BCUT2D eigenvalue weighted by Gasteiger charge is 2.26. The Kier molecular flexibility index (Phi) is 2.32. The zero-order valence-corrected chi connectivity index (χ0v) is 11.8. The van der Waals surface area contributed by atoms with Gasteiger partial charge in [0.1, 0.15) is 4.88 Å². The lowest BCUT2D eigenvalue weighted by molar-refractivity contribution is 0.0702. The van der Waals surface area contributed by atoms with Crippen LogP contribution >= 0.6 is 11.3 Å². The van der Waals surface area contributed by atoms with E-state index in [9.17, 15) is 9.90 Å². The van der Waals surface area contributed by atoms with E-state index in [1.807, 2.05) is 12.1 Å². The predicted octanol–water partition coefficient (Wildman–Crippen LogP) is 3.70. The van der Waals surface area contributed by atoms with Crippen LogP contribution in [0.5, 0.6) is 0 Å². The Morgan fingerprint density at radius 3 is 2.90 bits per heavy atom. The molecular weight excluding hydrogens is 270 g/mol. The van der Waals surface area contributed by atoms with Gasteiger partial charge in [0.15, 0.2) is 0 Å². The van der Waals surface area contributed by atoms with Gasteiger partial charge in [-0.2, -0.15) is 0 Å². The van der Waals surface area contributed by atoms with Gasteiger partial charge in [0.2, 0.25) is 0 Å². The number of thiophene rings is 1. The Morgan fingerprint density at radius 1 is 1.30 bits per heavy atom. The second kappa shape index (κ2) is 3.96. The Morgan fingerprint density at radius 2 is 2.10 bits per heavy atom. The normalized spacial score (nSPS) is 13.2. The Balaban J connectivity index is 2.07. The number of hydrogen-bond acceptors (Lipinski definition) is 2. The van der Waals surface area contributed by atoms with Crippen molar-refractivity contribution in [3.8, 4) is 11.3 Å². The standard InChI is InChI=1S/C16H13NO2S/c1-17-12-5-3-2-4-9(12)10-6-7-13-11(15(10)17)8-14(20-13)16(18)19/h2-5,8H,6-7H2,1H3,(H,18,19). The summed E-state index contributed by atoms with van der Waals surface area (Å²) in [6.07, 6.45) is 1.93. The molecule has 20 heavy (non-hydrogen) atoms. The van der Waals surface area contributed by atoms with E-state index in [2.05, 4.69) is 29.8 Å². The molecule has 3 nitrogen and oxygen atoms in total. The van der Waals surface area contributed by atoms with E-state index in [0.29, 0.717) is 4.88 Å². The zero-order chi connectivity index (χ0) is 13.9. The molecule has 100 valence electrons. The molecule has 1 N–H and O–H groups in total. The van der Waals surface area contributed by atoms with Crippen molar-refractivity contribution >= 4 is 28.2 Å². The van der Waals surface area contributed by atoms with Gasteiger partial charge in [-0.25, -0.2) is 4.79 Å². The van der Waals surface area contributed by atoms with Crippen LogP contribution in [0.4, 0.5) is 0 Å². The molecular formula is C16H13NO2S. The molecule has 4 heteroatoms. The summed E-state index contributed by atoms with van der Waals surface area (Å²) in [5.74, 6) is -0.829. The number of aromatic nitrogens is 1. The monoisotopic (exact) mass is 283 g/mol. The molecule has 0 saturated carbocycles. The number of aryl methyl sites for hydroxylation is 3. The van der Waals surface area contributed by atoms with Gasteiger partial charge >= 0.3 is 5.97 Å². The summed E-state index contributed by atoms with van der Waals surface area (Å²) in [7, 11) is 2.06. The number of aromatic carboxylic acids is 1. The largest absolute Gasteiger partial charge is 0.477 e. The molecule has 0 bridgehead atoms. The van der Waals surface area contributed by atoms with Crippen LogP contribution in [0.1, 0.15) is 20.1 Å². The van der Waals surface area contributed by atoms with Gasteiger partial charge in [0, 0.05) is 28.4 Å². The van der Waals surface area contributed by atoms with Gasteiger partial charge in [-0.15, -0.1) is 11.3 Å². The summed E-state index contributed by atoms with van der Waals surface area (Å²) in [5.41, 5.74) is 4.86. The van der Waals surface area contributed by atoms with Crippen molar-refractivity contribution in [2.75, 3.05) is 0 Å². The number of carboxylic acids is 1. The molecule has 0 amide bonds. The highest BCUT2D eigenvalue weighted by Crippen LogP contribution is 2.42. The lowest BCUT2D eigenvalue weighted by atomic mass is 9.94. The second-order valence-corrected chi connectivity index (χ2v) is 6.29. The fourth-order valence-corrected chi connectivity index (χ4v) is 4.23. The maximum atomic E-state index is 11.2. The zero-order valence-electron chi connectivity index (χ0n) is 11.0. The van der Waals surface area contributed by atoms with Crippen molar-refractivity contribution in [3.05, 3.63) is 45.6 Å². The molecule has 4 rings (SSSR count). The number of carbonyl (C=O) groups is 1. The van der Waals surface area contributed by atoms with E-state index in [1.54, 1.807) is 0 Å². The van der Waals surface area contributed by atoms with Crippen molar-refractivity contribution in [3.63, 3.8) is 0 Å². The SMILES string of the molecule is Cn1c2c(c3ccccc31)CCc1sc(C(=O)O)cc1-2. The van der Waals surface area contributed by atoms with Gasteiger partial charge in [-0.3, -0.25) is 0 Å². The van der Waals surface area contributed by atoms with Crippen molar-refractivity contribution in [2.24, 2.45) is 7.05 Å². The van der Waals surface area contributed by atoms with E-state index in [4.69, 9.17) is 0 Å². The molecule has 0 fully saturated rings. The van der Waals surface area contributed by atoms with Crippen LogP contribution in [0, 0.1) is 0 Å². The highest BCUT2D eigenvalue weighted by molar-refractivity contribution is 7.14. The van der Waals surface area contributed by atoms with Crippen LogP contribution in [0.15, 0.2) is 30.3 Å². The van der Waals surface area contributed by atoms with Crippen LogP contribution in [-0.2, 0) is 19.9 Å². The Labute approximate surface area is 120 Å². The lowest BCUT2D eigenvalue weighted by Crippen LogP contribution is -2.02. The van der Waals surface area contributed by atoms with Gasteiger partial charge in [-0.05, 0) is 30.5 Å². The maximum Gasteiger partial charge on any atom is 0.345 e. The van der Waals surface area contributed by atoms with E-state index in [-0.39, 0.29) is 0 Å². The molecule has 1 aliphatic carbocycles. The average molecular weight is 283 g/mol. The molecule has 3 aromatic rings. The first kappa shape index (κ1) is 11.7. The predicted molar refractivity (Wildman–Crippen MR) is 80.6 cm³/mol.